The van der Waals surface area contributed by atoms with Gasteiger partial charge in [-0.15, -0.1) is 0 Å². The third-order valence-corrected chi connectivity index (χ3v) is 6.01. The van der Waals surface area contributed by atoms with Gasteiger partial charge in [0.25, 0.3) is 0 Å². The van der Waals surface area contributed by atoms with Gasteiger partial charge < -0.3 is 10.1 Å². The average molecular weight is 458 g/mol. The summed E-state index contributed by atoms with van der Waals surface area (Å²) >= 11 is 6.07. The van der Waals surface area contributed by atoms with Crippen LogP contribution in [0.3, 0.4) is 0 Å². The topological polar surface area (TPSA) is 96.0 Å². The van der Waals surface area contributed by atoms with Crippen LogP contribution in [-0.2, 0) is 19.7 Å². The Labute approximate surface area is 179 Å². The van der Waals surface area contributed by atoms with Crippen molar-refractivity contribution in [3.05, 3.63) is 58.9 Å². The van der Waals surface area contributed by atoms with Gasteiger partial charge in [0.1, 0.15) is 12.4 Å². The smallest absolute Gasteiger partial charge is 0.339 e. The van der Waals surface area contributed by atoms with Crippen molar-refractivity contribution in [2.75, 3.05) is 36.9 Å². The summed E-state index contributed by atoms with van der Waals surface area (Å²) in [4.78, 5) is 24.3. The van der Waals surface area contributed by atoms with Crippen LogP contribution in [0.1, 0.15) is 17.3 Å². The zero-order chi connectivity index (χ0) is 22.5. The highest BCUT2D eigenvalue weighted by Crippen LogP contribution is 2.24. The van der Waals surface area contributed by atoms with Crippen LogP contribution in [0.15, 0.2) is 42.5 Å². The number of amides is 1. The summed E-state index contributed by atoms with van der Waals surface area (Å²) in [5, 5.41) is 2.54. The minimum absolute atomic E-state index is 0.0538. The summed E-state index contributed by atoms with van der Waals surface area (Å²) in [6.07, 6.45) is 0. The Hall–Kier alpha value is -2.69. The summed E-state index contributed by atoms with van der Waals surface area (Å²) in [5.41, 5.74) is 0.0884. The lowest BCUT2D eigenvalue weighted by Gasteiger charge is -2.27. The molecule has 0 saturated carbocycles. The SMILES string of the molecule is CCOC(=O)c1ccc(NC(=O)CN(c2ccccc2F)S(=O)(=O)N(C)C)cc1Cl. The van der Waals surface area contributed by atoms with Crippen LogP contribution in [0.4, 0.5) is 15.8 Å². The molecular weight excluding hydrogens is 437 g/mol. The normalized spacial score (nSPS) is 11.3. The number of esters is 1. The van der Waals surface area contributed by atoms with Gasteiger partial charge in [-0.3, -0.25) is 4.79 Å². The number of carbonyl (C=O) groups is 2. The third-order valence-electron chi connectivity index (χ3n) is 3.90. The molecular formula is C19H21ClFN3O5S. The minimum atomic E-state index is -4.16. The molecule has 0 fully saturated rings. The molecule has 0 saturated heterocycles. The van der Waals surface area contributed by atoms with Crippen molar-refractivity contribution >= 4 is 45.1 Å². The standard InChI is InChI=1S/C19H21ClFN3O5S/c1-4-29-19(26)14-10-9-13(11-15(14)20)22-18(25)12-24(30(27,28)23(2)3)17-8-6-5-7-16(17)21/h5-11H,4,12H2,1-3H3,(H,22,25). The number of carbonyl (C=O) groups excluding carboxylic acids is 2. The number of nitrogens with one attached hydrogen (secondary N) is 1. The van der Waals surface area contributed by atoms with Gasteiger partial charge in [-0.2, -0.15) is 12.7 Å². The molecule has 0 aliphatic carbocycles. The van der Waals surface area contributed by atoms with Gasteiger partial charge in [0.2, 0.25) is 5.91 Å². The van der Waals surface area contributed by atoms with E-state index in [4.69, 9.17) is 16.3 Å². The average Bonchev–Trinajstić information content (AvgIpc) is 2.66. The molecule has 0 aliphatic rings. The Morgan fingerprint density at radius 3 is 2.40 bits per heavy atom. The van der Waals surface area contributed by atoms with Crippen LogP contribution in [-0.4, -0.2) is 51.8 Å². The highest BCUT2D eigenvalue weighted by Gasteiger charge is 2.29. The summed E-state index contributed by atoms with van der Waals surface area (Å²) in [6, 6.07) is 9.35. The molecule has 1 amide bonds. The number of hydrogen-bond acceptors (Lipinski definition) is 5. The highest BCUT2D eigenvalue weighted by atomic mass is 35.5. The summed E-state index contributed by atoms with van der Waals surface area (Å²) in [6.45, 7) is 1.15. The number of rotatable bonds is 8. The largest absolute Gasteiger partial charge is 0.462 e. The molecule has 8 nitrogen and oxygen atoms in total. The van der Waals surface area contributed by atoms with Crippen molar-refractivity contribution in [1.82, 2.24) is 4.31 Å². The van der Waals surface area contributed by atoms with Gasteiger partial charge >= 0.3 is 16.2 Å². The predicted molar refractivity (Wildman–Crippen MR) is 112 cm³/mol. The highest BCUT2D eigenvalue weighted by molar-refractivity contribution is 7.90. The molecule has 0 radical (unpaired) electrons. The van der Waals surface area contributed by atoms with Crippen LogP contribution in [0.25, 0.3) is 0 Å². The molecule has 2 aromatic carbocycles. The van der Waals surface area contributed by atoms with Gasteiger partial charge in [-0.05, 0) is 37.3 Å². The molecule has 0 heterocycles. The number of halogens is 2. The first-order valence-corrected chi connectivity index (χ1v) is 10.6. The lowest BCUT2D eigenvalue weighted by Crippen LogP contribution is -2.44. The molecule has 0 atom stereocenters. The fourth-order valence-electron chi connectivity index (χ4n) is 2.44. The molecule has 0 spiro atoms. The Bertz CT molecular complexity index is 1050. The van der Waals surface area contributed by atoms with Gasteiger partial charge in [-0.1, -0.05) is 23.7 Å². The number of benzene rings is 2. The first-order chi connectivity index (χ1) is 14.1. The first kappa shape index (κ1) is 23.6. The van der Waals surface area contributed by atoms with E-state index < -0.39 is 34.4 Å². The van der Waals surface area contributed by atoms with E-state index in [0.717, 1.165) is 10.4 Å². The molecule has 1 N–H and O–H groups in total. The van der Waals surface area contributed by atoms with E-state index >= 15 is 0 Å². The third kappa shape index (κ3) is 5.47. The van der Waals surface area contributed by atoms with E-state index in [9.17, 15) is 22.4 Å². The van der Waals surface area contributed by atoms with Crippen molar-refractivity contribution in [2.45, 2.75) is 6.92 Å². The lowest BCUT2D eigenvalue weighted by molar-refractivity contribution is -0.114. The monoisotopic (exact) mass is 457 g/mol. The maximum atomic E-state index is 14.2. The molecule has 0 aromatic heterocycles. The molecule has 0 unspecified atom stereocenters. The number of hydrogen-bond donors (Lipinski definition) is 1. The van der Waals surface area contributed by atoms with Crippen LogP contribution in [0, 0.1) is 5.82 Å². The Morgan fingerprint density at radius 1 is 1.17 bits per heavy atom. The number of nitrogens with zero attached hydrogens (tertiary/aromatic N) is 2. The lowest BCUT2D eigenvalue weighted by atomic mass is 10.2. The molecule has 0 aliphatic heterocycles. The predicted octanol–water partition coefficient (Wildman–Crippen LogP) is 2.91. The maximum Gasteiger partial charge on any atom is 0.339 e. The van der Waals surface area contributed by atoms with Gasteiger partial charge in [0.05, 0.1) is 22.9 Å². The summed E-state index contributed by atoms with van der Waals surface area (Å²) in [7, 11) is -1.61. The molecule has 30 heavy (non-hydrogen) atoms. The number of ether oxygens (including phenoxy) is 1. The minimum Gasteiger partial charge on any atom is -0.462 e. The molecule has 2 rings (SSSR count). The second-order valence-corrected chi connectivity index (χ2v) is 8.69. The summed E-state index contributed by atoms with van der Waals surface area (Å²) < 4.78 is 45.9. The second-order valence-electron chi connectivity index (χ2n) is 6.21. The number of anilines is 2. The Morgan fingerprint density at radius 2 is 1.83 bits per heavy atom. The summed E-state index contributed by atoms with van der Waals surface area (Å²) in [5.74, 6) is -2.13. The van der Waals surface area contributed by atoms with Gasteiger partial charge in [-0.25, -0.2) is 13.5 Å². The fourth-order valence-corrected chi connectivity index (χ4v) is 3.77. The van der Waals surface area contributed by atoms with Gasteiger partial charge in [0, 0.05) is 19.8 Å². The zero-order valence-corrected chi connectivity index (χ0v) is 18.1. The van der Waals surface area contributed by atoms with E-state index in [1.54, 1.807) is 6.92 Å². The molecule has 2 aromatic rings. The molecule has 0 bridgehead atoms. The molecule has 11 heteroatoms. The Kier molecular flexibility index (Phi) is 7.77. The van der Waals surface area contributed by atoms with Gasteiger partial charge in [0.15, 0.2) is 0 Å². The van der Waals surface area contributed by atoms with Crippen LogP contribution in [0.5, 0.6) is 0 Å². The molecule has 162 valence electrons. The van der Waals surface area contributed by atoms with E-state index in [1.165, 1.54) is 50.5 Å². The van der Waals surface area contributed by atoms with Crippen LogP contribution in [0.2, 0.25) is 5.02 Å². The maximum absolute atomic E-state index is 14.2. The van der Waals surface area contributed by atoms with E-state index in [-0.39, 0.29) is 28.6 Å². The van der Waals surface area contributed by atoms with E-state index in [0.29, 0.717) is 4.31 Å². The van der Waals surface area contributed by atoms with E-state index in [1.807, 2.05) is 0 Å². The second kappa shape index (κ2) is 9.88. The van der Waals surface area contributed by atoms with Crippen LogP contribution < -0.4 is 9.62 Å². The quantitative estimate of drug-likeness (QED) is 0.615. The van der Waals surface area contributed by atoms with Crippen molar-refractivity contribution in [3.63, 3.8) is 0 Å². The number of para-hydroxylation sites is 1. The Balaban J connectivity index is 2.26. The van der Waals surface area contributed by atoms with Crippen molar-refractivity contribution in [2.24, 2.45) is 0 Å². The van der Waals surface area contributed by atoms with E-state index in [2.05, 4.69) is 5.32 Å². The van der Waals surface area contributed by atoms with Crippen molar-refractivity contribution < 1.29 is 27.1 Å². The fraction of sp³-hybridized carbons (Fsp3) is 0.263. The zero-order valence-electron chi connectivity index (χ0n) is 16.6. The first-order valence-electron chi connectivity index (χ1n) is 8.79. The van der Waals surface area contributed by atoms with Crippen molar-refractivity contribution in [1.29, 1.82) is 0 Å². The van der Waals surface area contributed by atoms with Crippen molar-refractivity contribution in [3.8, 4) is 0 Å². The van der Waals surface area contributed by atoms with Crippen LogP contribution >= 0.6 is 11.6 Å².